The van der Waals surface area contributed by atoms with Gasteiger partial charge in [0.05, 0.1) is 0 Å². The third kappa shape index (κ3) is 1.21. The second kappa shape index (κ2) is 3.60. The minimum absolute atomic E-state index is 0.700. The van der Waals surface area contributed by atoms with Crippen molar-refractivity contribution < 1.29 is 4.79 Å². The average Bonchev–Trinajstić information content (AvgIpc) is 3.17. The first-order valence-electron chi connectivity index (χ1n) is 7.54. The molecule has 4 atom stereocenters. The number of rotatable bonds is 1. The molecule has 0 amide bonds. The van der Waals surface area contributed by atoms with Crippen molar-refractivity contribution in [3.63, 3.8) is 0 Å². The Kier molecular flexibility index (Phi) is 1.95. The van der Waals surface area contributed by atoms with Crippen LogP contribution in [0, 0.1) is 17.8 Å². The second-order valence-electron chi connectivity index (χ2n) is 6.58. The van der Waals surface area contributed by atoms with Gasteiger partial charge in [-0.25, -0.2) is 0 Å². The number of carbonyl (C=O) groups is 1. The third-order valence-corrected chi connectivity index (χ3v) is 5.72. The number of aldehydes is 1. The SMILES string of the molecule is O=Cc1ccc2ccc3c(c2c1)C1C2C=CC(C2)C1C3. The lowest BCUT2D eigenvalue weighted by atomic mass is 9.82. The molecule has 1 nitrogen and oxygen atoms in total. The summed E-state index contributed by atoms with van der Waals surface area (Å²) in [5, 5.41) is 2.60. The summed E-state index contributed by atoms with van der Waals surface area (Å²) >= 11 is 0. The van der Waals surface area contributed by atoms with Crippen molar-refractivity contribution >= 4 is 17.1 Å². The first-order chi connectivity index (χ1) is 9.85. The van der Waals surface area contributed by atoms with Gasteiger partial charge in [-0.2, -0.15) is 0 Å². The van der Waals surface area contributed by atoms with Gasteiger partial charge in [-0.3, -0.25) is 4.79 Å². The Morgan fingerprint density at radius 2 is 1.90 bits per heavy atom. The van der Waals surface area contributed by atoms with Gasteiger partial charge < -0.3 is 0 Å². The highest BCUT2D eigenvalue weighted by Gasteiger charge is 2.49. The van der Waals surface area contributed by atoms with Crippen LogP contribution in [0.2, 0.25) is 0 Å². The van der Waals surface area contributed by atoms with E-state index in [1.165, 1.54) is 29.2 Å². The highest BCUT2D eigenvalue weighted by molar-refractivity contribution is 5.92. The number of hydrogen-bond donors (Lipinski definition) is 0. The van der Waals surface area contributed by atoms with Crippen LogP contribution in [-0.2, 0) is 6.42 Å². The van der Waals surface area contributed by atoms with E-state index in [9.17, 15) is 4.79 Å². The van der Waals surface area contributed by atoms with Crippen LogP contribution >= 0.6 is 0 Å². The summed E-state index contributed by atoms with van der Waals surface area (Å²) < 4.78 is 0. The summed E-state index contributed by atoms with van der Waals surface area (Å²) in [5.74, 6) is 3.04. The molecule has 0 N–H and O–H groups in total. The Morgan fingerprint density at radius 3 is 2.80 bits per heavy atom. The zero-order valence-corrected chi connectivity index (χ0v) is 11.3. The predicted octanol–water partition coefficient (Wildman–Crippen LogP) is 4.11. The zero-order valence-electron chi connectivity index (χ0n) is 11.3. The Hall–Kier alpha value is -1.89. The standard InChI is InChI=1S/C19H16O/c20-10-11-1-2-12-3-5-15-9-17-13-4-6-14(8-13)18(17)19(15)16(12)7-11/h1-7,10,13-14,17-18H,8-9H2. The number of hydrogen-bond acceptors (Lipinski definition) is 1. The summed E-state index contributed by atoms with van der Waals surface area (Å²) in [6.07, 6.45) is 8.41. The largest absolute Gasteiger partial charge is 0.298 e. The van der Waals surface area contributed by atoms with Gasteiger partial charge in [-0.1, -0.05) is 36.4 Å². The van der Waals surface area contributed by atoms with Crippen molar-refractivity contribution in [2.24, 2.45) is 17.8 Å². The fraction of sp³-hybridized carbons (Fsp3) is 0.316. The maximum atomic E-state index is 11.1. The van der Waals surface area contributed by atoms with Crippen molar-refractivity contribution in [1.29, 1.82) is 0 Å². The van der Waals surface area contributed by atoms with Gasteiger partial charge in [0.1, 0.15) is 6.29 Å². The maximum Gasteiger partial charge on any atom is 0.150 e. The number of allylic oxidation sites excluding steroid dienone is 2. The summed E-state index contributed by atoms with van der Waals surface area (Å²) in [6, 6.07) is 10.7. The van der Waals surface area contributed by atoms with E-state index in [1.54, 1.807) is 5.56 Å². The molecule has 2 bridgehead atoms. The molecule has 4 unspecified atom stereocenters. The van der Waals surface area contributed by atoms with Crippen molar-refractivity contribution in [2.45, 2.75) is 18.8 Å². The molecule has 3 aliphatic carbocycles. The van der Waals surface area contributed by atoms with Crippen LogP contribution in [0.1, 0.15) is 33.8 Å². The minimum atomic E-state index is 0.700. The van der Waals surface area contributed by atoms with E-state index in [1.807, 2.05) is 6.07 Å². The summed E-state index contributed by atoms with van der Waals surface area (Å²) in [4.78, 5) is 11.1. The quantitative estimate of drug-likeness (QED) is 0.557. The minimum Gasteiger partial charge on any atom is -0.298 e. The Labute approximate surface area is 118 Å². The Balaban J connectivity index is 1.80. The maximum absolute atomic E-state index is 11.1. The molecule has 0 aliphatic heterocycles. The van der Waals surface area contributed by atoms with Gasteiger partial charge in [-0.05, 0) is 64.5 Å². The van der Waals surface area contributed by atoms with Crippen LogP contribution in [0.4, 0.5) is 0 Å². The van der Waals surface area contributed by atoms with E-state index in [4.69, 9.17) is 0 Å². The molecule has 5 rings (SSSR count). The molecular weight excluding hydrogens is 244 g/mol. The molecule has 2 aromatic rings. The topological polar surface area (TPSA) is 17.1 Å². The van der Waals surface area contributed by atoms with Crippen molar-refractivity contribution in [1.82, 2.24) is 0 Å². The van der Waals surface area contributed by atoms with E-state index in [2.05, 4.69) is 36.4 Å². The fourth-order valence-electron chi connectivity index (χ4n) is 4.94. The van der Waals surface area contributed by atoms with E-state index in [0.717, 1.165) is 29.6 Å². The molecule has 1 saturated carbocycles. The fourth-order valence-corrected chi connectivity index (χ4v) is 4.94. The molecule has 0 saturated heterocycles. The average molecular weight is 260 g/mol. The number of fused-ring (bicyclic) bond motifs is 9. The van der Waals surface area contributed by atoms with Gasteiger partial charge in [0.15, 0.2) is 0 Å². The van der Waals surface area contributed by atoms with Crippen molar-refractivity contribution in [3.05, 3.63) is 59.2 Å². The molecule has 0 heterocycles. The molecule has 2 aromatic carbocycles. The normalized spacial score (nSPS) is 32.6. The monoisotopic (exact) mass is 260 g/mol. The lowest BCUT2D eigenvalue weighted by molar-refractivity contribution is 0.112. The summed E-state index contributed by atoms with van der Waals surface area (Å²) in [6.45, 7) is 0. The molecule has 1 fully saturated rings. The molecule has 0 radical (unpaired) electrons. The molecule has 0 spiro atoms. The van der Waals surface area contributed by atoms with Crippen LogP contribution in [-0.4, -0.2) is 6.29 Å². The van der Waals surface area contributed by atoms with E-state index in [0.29, 0.717) is 5.92 Å². The predicted molar refractivity (Wildman–Crippen MR) is 80.0 cm³/mol. The molecule has 3 aliphatic rings. The van der Waals surface area contributed by atoms with Gasteiger partial charge in [0, 0.05) is 5.56 Å². The Bertz CT molecular complexity index is 771. The second-order valence-corrected chi connectivity index (χ2v) is 6.58. The third-order valence-electron chi connectivity index (χ3n) is 5.72. The molecule has 0 aromatic heterocycles. The highest BCUT2D eigenvalue weighted by atomic mass is 16.1. The van der Waals surface area contributed by atoms with Gasteiger partial charge in [0.25, 0.3) is 0 Å². The smallest absolute Gasteiger partial charge is 0.150 e. The van der Waals surface area contributed by atoms with Crippen molar-refractivity contribution in [2.75, 3.05) is 0 Å². The van der Waals surface area contributed by atoms with Crippen LogP contribution < -0.4 is 0 Å². The van der Waals surface area contributed by atoms with Crippen LogP contribution in [0.25, 0.3) is 10.8 Å². The highest BCUT2D eigenvalue weighted by Crippen LogP contribution is 2.59. The lowest BCUT2D eigenvalue weighted by Gasteiger charge is -2.22. The zero-order chi connectivity index (χ0) is 13.3. The van der Waals surface area contributed by atoms with Gasteiger partial charge in [-0.15, -0.1) is 0 Å². The summed E-state index contributed by atoms with van der Waals surface area (Å²) in [7, 11) is 0. The van der Waals surface area contributed by atoms with E-state index < -0.39 is 0 Å². The van der Waals surface area contributed by atoms with Gasteiger partial charge in [0.2, 0.25) is 0 Å². The Morgan fingerprint density at radius 1 is 1.05 bits per heavy atom. The lowest BCUT2D eigenvalue weighted by Crippen LogP contribution is -2.12. The van der Waals surface area contributed by atoms with E-state index >= 15 is 0 Å². The van der Waals surface area contributed by atoms with E-state index in [-0.39, 0.29) is 0 Å². The first-order valence-corrected chi connectivity index (χ1v) is 7.54. The molecule has 98 valence electrons. The molecule has 1 heteroatoms. The molecular formula is C19H16O. The molecule has 20 heavy (non-hydrogen) atoms. The van der Waals surface area contributed by atoms with Crippen LogP contribution in [0.15, 0.2) is 42.5 Å². The summed E-state index contributed by atoms with van der Waals surface area (Å²) in [5.41, 5.74) is 3.87. The number of carbonyl (C=O) groups excluding carboxylic acids is 1. The van der Waals surface area contributed by atoms with Crippen molar-refractivity contribution in [3.8, 4) is 0 Å². The van der Waals surface area contributed by atoms with Gasteiger partial charge >= 0.3 is 0 Å². The number of benzene rings is 2. The first kappa shape index (κ1) is 10.8. The van der Waals surface area contributed by atoms with Crippen LogP contribution in [0.5, 0.6) is 0 Å². The van der Waals surface area contributed by atoms with Crippen LogP contribution in [0.3, 0.4) is 0 Å².